The van der Waals surface area contributed by atoms with Crippen LogP contribution in [0, 0.1) is 5.82 Å². The molecule has 0 spiro atoms. The summed E-state index contributed by atoms with van der Waals surface area (Å²) in [5.74, 6) is 0.352. The molecule has 0 aliphatic carbocycles. The number of halogens is 1. The smallest absolute Gasteiger partial charge is 0.239 e. The van der Waals surface area contributed by atoms with Crippen molar-refractivity contribution in [2.45, 2.75) is 30.8 Å². The lowest BCUT2D eigenvalue weighted by Crippen LogP contribution is -2.22. The monoisotopic (exact) mass is 459 g/mol. The first-order valence-corrected chi connectivity index (χ1v) is 11.8. The summed E-state index contributed by atoms with van der Waals surface area (Å²) in [5, 5.41) is 16.1. The first-order valence-electron chi connectivity index (χ1n) is 9.21. The van der Waals surface area contributed by atoms with Gasteiger partial charge in [-0.1, -0.05) is 17.8 Å². The van der Waals surface area contributed by atoms with Crippen molar-refractivity contribution in [1.82, 2.24) is 19.7 Å². The van der Waals surface area contributed by atoms with Gasteiger partial charge in [-0.15, -0.1) is 32.9 Å². The molecule has 1 amide bonds. The third kappa shape index (κ3) is 4.45. The highest BCUT2D eigenvalue weighted by Gasteiger charge is 2.21. The van der Waals surface area contributed by atoms with Crippen LogP contribution in [0.15, 0.2) is 52.3 Å². The van der Waals surface area contributed by atoms with Gasteiger partial charge in [0, 0.05) is 17.5 Å². The van der Waals surface area contributed by atoms with E-state index in [9.17, 15) is 9.18 Å². The second kappa shape index (κ2) is 9.07. The van der Waals surface area contributed by atoms with Gasteiger partial charge in [-0.2, -0.15) is 0 Å². The normalized spacial score (nSPS) is 12.1. The minimum atomic E-state index is -0.381. The minimum absolute atomic E-state index is 0.164. The molecule has 0 aliphatic rings. The van der Waals surface area contributed by atoms with E-state index in [0.717, 1.165) is 16.3 Å². The first kappa shape index (κ1) is 20.7. The Balaban J connectivity index is 1.43. The Morgan fingerprint density at radius 3 is 2.73 bits per heavy atom. The van der Waals surface area contributed by atoms with E-state index in [2.05, 4.69) is 20.5 Å². The van der Waals surface area contributed by atoms with E-state index in [1.165, 1.54) is 35.2 Å². The molecule has 0 radical (unpaired) electrons. The molecule has 6 nitrogen and oxygen atoms in total. The van der Waals surface area contributed by atoms with Gasteiger partial charge in [0.1, 0.15) is 5.82 Å². The lowest BCUT2D eigenvalue weighted by atomic mass is 10.2. The number of thiazole rings is 1. The molecule has 1 aromatic carbocycles. The molecule has 1 atom stereocenters. The molecule has 3 heterocycles. The Morgan fingerprint density at radius 2 is 2.03 bits per heavy atom. The largest absolute Gasteiger partial charge is 0.302 e. The average molecular weight is 460 g/mol. The third-order valence-corrected chi connectivity index (χ3v) is 7.00. The molecule has 3 aromatic heterocycles. The predicted molar refractivity (Wildman–Crippen MR) is 120 cm³/mol. The van der Waals surface area contributed by atoms with Crippen LogP contribution in [0.5, 0.6) is 0 Å². The van der Waals surface area contributed by atoms with Crippen molar-refractivity contribution in [3.8, 4) is 22.0 Å². The molecular formula is C20H18FN5OS3. The maximum Gasteiger partial charge on any atom is 0.239 e. The zero-order chi connectivity index (χ0) is 21.1. The van der Waals surface area contributed by atoms with Crippen LogP contribution in [0.4, 0.5) is 9.52 Å². The van der Waals surface area contributed by atoms with E-state index in [1.54, 1.807) is 23.5 Å². The number of anilines is 1. The SMILES string of the molecule is CCn1c(SC(C)C(=O)Nc2nc(-c3ccc(F)cc3)cs2)nnc1-c1cccs1. The molecule has 0 aliphatic heterocycles. The molecule has 1 N–H and O–H groups in total. The van der Waals surface area contributed by atoms with E-state index in [4.69, 9.17) is 0 Å². The Hall–Kier alpha value is -2.56. The number of benzene rings is 1. The predicted octanol–water partition coefficient (Wildman–Crippen LogP) is 5.41. The van der Waals surface area contributed by atoms with Crippen LogP contribution in [-0.2, 0) is 11.3 Å². The van der Waals surface area contributed by atoms with Crippen molar-refractivity contribution < 1.29 is 9.18 Å². The second-order valence-electron chi connectivity index (χ2n) is 6.32. The summed E-state index contributed by atoms with van der Waals surface area (Å²) in [7, 11) is 0. The first-order chi connectivity index (χ1) is 14.5. The van der Waals surface area contributed by atoms with Gasteiger partial charge in [0.2, 0.25) is 5.91 Å². The summed E-state index contributed by atoms with van der Waals surface area (Å²) in [4.78, 5) is 18.2. The maximum atomic E-state index is 13.1. The summed E-state index contributed by atoms with van der Waals surface area (Å²) in [6, 6.07) is 10.1. The Labute approximate surface area is 185 Å². The Kier molecular flexibility index (Phi) is 6.26. The van der Waals surface area contributed by atoms with Gasteiger partial charge in [-0.25, -0.2) is 9.37 Å². The van der Waals surface area contributed by atoms with Crippen molar-refractivity contribution in [1.29, 1.82) is 0 Å². The third-order valence-electron chi connectivity index (χ3n) is 4.30. The lowest BCUT2D eigenvalue weighted by Gasteiger charge is -2.11. The summed E-state index contributed by atoms with van der Waals surface area (Å²) in [6.45, 7) is 4.57. The zero-order valence-corrected chi connectivity index (χ0v) is 18.7. The number of nitrogens with zero attached hydrogens (tertiary/aromatic N) is 4. The number of nitrogens with one attached hydrogen (secondary N) is 1. The number of carbonyl (C=O) groups excluding carboxylic acids is 1. The van der Waals surface area contributed by atoms with Crippen molar-refractivity contribution in [3.63, 3.8) is 0 Å². The molecule has 30 heavy (non-hydrogen) atoms. The molecule has 4 aromatic rings. The number of hydrogen-bond donors (Lipinski definition) is 1. The Morgan fingerprint density at radius 1 is 1.23 bits per heavy atom. The van der Waals surface area contributed by atoms with Crippen LogP contribution in [0.25, 0.3) is 22.0 Å². The lowest BCUT2D eigenvalue weighted by molar-refractivity contribution is -0.115. The Bertz CT molecular complexity index is 1140. The number of hydrogen-bond acceptors (Lipinski definition) is 7. The number of thioether (sulfide) groups is 1. The second-order valence-corrected chi connectivity index (χ2v) is 9.44. The minimum Gasteiger partial charge on any atom is -0.302 e. The summed E-state index contributed by atoms with van der Waals surface area (Å²) < 4.78 is 15.1. The molecule has 154 valence electrons. The van der Waals surface area contributed by atoms with Gasteiger partial charge >= 0.3 is 0 Å². The van der Waals surface area contributed by atoms with E-state index < -0.39 is 0 Å². The molecule has 10 heteroatoms. The maximum absolute atomic E-state index is 13.1. The zero-order valence-electron chi connectivity index (χ0n) is 16.2. The van der Waals surface area contributed by atoms with E-state index >= 15 is 0 Å². The van der Waals surface area contributed by atoms with Crippen LogP contribution in [0.1, 0.15) is 13.8 Å². The molecule has 4 rings (SSSR count). The van der Waals surface area contributed by atoms with Crippen molar-refractivity contribution >= 4 is 45.5 Å². The molecule has 0 saturated heterocycles. The number of thiophene rings is 1. The molecule has 1 unspecified atom stereocenters. The van der Waals surface area contributed by atoms with Crippen molar-refractivity contribution in [2.24, 2.45) is 0 Å². The molecule has 0 fully saturated rings. The molecular weight excluding hydrogens is 441 g/mol. The van der Waals surface area contributed by atoms with Crippen LogP contribution < -0.4 is 5.32 Å². The van der Waals surface area contributed by atoms with Crippen LogP contribution >= 0.6 is 34.4 Å². The highest BCUT2D eigenvalue weighted by Crippen LogP contribution is 2.30. The van der Waals surface area contributed by atoms with E-state index in [-0.39, 0.29) is 17.0 Å². The van der Waals surface area contributed by atoms with Gasteiger partial charge in [0.05, 0.1) is 15.8 Å². The molecule has 0 saturated carbocycles. The average Bonchev–Trinajstić information content (AvgIpc) is 3.49. The van der Waals surface area contributed by atoms with Crippen molar-refractivity contribution in [3.05, 3.63) is 53.0 Å². The summed E-state index contributed by atoms with van der Waals surface area (Å²) in [5.41, 5.74) is 1.50. The van der Waals surface area contributed by atoms with Gasteiger partial charge < -0.3 is 9.88 Å². The van der Waals surface area contributed by atoms with Gasteiger partial charge in [0.15, 0.2) is 16.1 Å². The quantitative estimate of drug-likeness (QED) is 0.374. The standard InChI is InChI=1S/C20H18FN5OS3/c1-3-26-17(16-5-4-10-28-16)24-25-20(26)30-12(2)18(27)23-19-22-15(11-29-19)13-6-8-14(21)9-7-13/h4-12H,3H2,1-2H3,(H,22,23,27). The summed E-state index contributed by atoms with van der Waals surface area (Å²) >= 11 is 4.30. The van der Waals surface area contributed by atoms with E-state index in [0.29, 0.717) is 22.5 Å². The highest BCUT2D eigenvalue weighted by molar-refractivity contribution is 8.00. The number of aromatic nitrogens is 4. The number of amides is 1. The topological polar surface area (TPSA) is 72.7 Å². The van der Waals surface area contributed by atoms with Gasteiger partial charge in [-0.05, 0) is 49.6 Å². The summed E-state index contributed by atoms with van der Waals surface area (Å²) in [6.07, 6.45) is 0. The fourth-order valence-corrected chi connectivity index (χ4v) is 5.10. The van der Waals surface area contributed by atoms with Crippen LogP contribution in [-0.4, -0.2) is 30.9 Å². The highest BCUT2D eigenvalue weighted by atomic mass is 32.2. The van der Waals surface area contributed by atoms with Gasteiger partial charge in [0.25, 0.3) is 0 Å². The van der Waals surface area contributed by atoms with Gasteiger partial charge in [-0.3, -0.25) is 4.79 Å². The van der Waals surface area contributed by atoms with Crippen molar-refractivity contribution in [2.75, 3.05) is 5.32 Å². The van der Waals surface area contributed by atoms with Crippen LogP contribution in [0.3, 0.4) is 0 Å². The fourth-order valence-electron chi connectivity index (χ4n) is 2.75. The van der Waals surface area contributed by atoms with E-state index in [1.807, 2.05) is 41.3 Å². The molecule has 0 bridgehead atoms. The van der Waals surface area contributed by atoms with Crippen LogP contribution in [0.2, 0.25) is 0 Å². The number of rotatable bonds is 7. The number of carbonyl (C=O) groups is 1. The fraction of sp³-hybridized carbons (Fsp3) is 0.200.